The van der Waals surface area contributed by atoms with Gasteiger partial charge in [-0.1, -0.05) is 27.7 Å². The van der Waals surface area contributed by atoms with Gasteiger partial charge in [-0.15, -0.1) is 0 Å². The van der Waals surface area contributed by atoms with Gasteiger partial charge in [0.1, 0.15) is 18.1 Å². The van der Waals surface area contributed by atoms with Crippen LogP contribution in [0.15, 0.2) is 0 Å². The van der Waals surface area contributed by atoms with Gasteiger partial charge in [0, 0.05) is 18.9 Å². The van der Waals surface area contributed by atoms with Crippen LogP contribution >= 0.6 is 0 Å². The van der Waals surface area contributed by atoms with Crippen LogP contribution in [0, 0.1) is 34.5 Å². The lowest BCUT2D eigenvalue weighted by molar-refractivity contribution is -0.176. The normalized spacial score (nSPS) is 33.1. The predicted molar refractivity (Wildman–Crippen MR) is 131 cm³/mol. The summed E-state index contributed by atoms with van der Waals surface area (Å²) in [4.78, 5) is 52.9. The van der Waals surface area contributed by atoms with Crippen molar-refractivity contribution in [3.63, 3.8) is 0 Å². The van der Waals surface area contributed by atoms with Crippen LogP contribution in [0.25, 0.3) is 0 Å². The number of amides is 4. The predicted octanol–water partition coefficient (Wildman–Crippen LogP) is 2.66. The van der Waals surface area contributed by atoms with E-state index >= 15 is 8.78 Å². The Labute approximate surface area is 229 Å². The summed E-state index contributed by atoms with van der Waals surface area (Å²) >= 11 is 0. The zero-order valence-electron chi connectivity index (χ0n) is 22.9. The van der Waals surface area contributed by atoms with Crippen molar-refractivity contribution >= 4 is 23.6 Å². The summed E-state index contributed by atoms with van der Waals surface area (Å²) in [6.45, 7) is 6.46. The number of hydrogen-bond donors (Lipinski definition) is 3. The molecule has 3 saturated heterocycles. The average molecular weight is 578 g/mol. The largest absolute Gasteiger partial charge is 0.471 e. The highest BCUT2D eigenvalue weighted by Crippen LogP contribution is 2.39. The standard InChI is InChI=1S/C26H36F5N5O4/c1-13(2)16-6-9-36-18(16)21(38)33-15(12-32)10-14-11-17(34-20(14)37)25(27,28)8-5-7-24(3,4)19(22(36)39)35-23(40)26(29,30)31/h13-19H,5-11H2,1-4H3,(H,33,38)(H,34,37)(H,35,40)/t14-,15+,16-,17+,18+,19-/m1/s1. The van der Waals surface area contributed by atoms with Crippen molar-refractivity contribution in [1.82, 2.24) is 20.9 Å². The van der Waals surface area contributed by atoms with Crippen LogP contribution in [0.2, 0.25) is 0 Å². The Kier molecular flexibility index (Phi) is 9.06. The molecular weight excluding hydrogens is 541 g/mol. The Bertz CT molecular complexity index is 1060. The van der Waals surface area contributed by atoms with Crippen molar-refractivity contribution in [2.75, 3.05) is 6.54 Å². The lowest BCUT2D eigenvalue weighted by Gasteiger charge is -2.39. The van der Waals surface area contributed by atoms with Crippen molar-refractivity contribution in [1.29, 1.82) is 5.26 Å². The van der Waals surface area contributed by atoms with Gasteiger partial charge in [-0.2, -0.15) is 18.4 Å². The minimum Gasteiger partial charge on any atom is -0.347 e. The van der Waals surface area contributed by atoms with E-state index in [0.29, 0.717) is 6.42 Å². The number of rotatable bonds is 2. The molecule has 0 radical (unpaired) electrons. The molecule has 0 aromatic heterocycles. The van der Waals surface area contributed by atoms with E-state index in [1.807, 2.05) is 19.9 Å². The molecule has 2 bridgehead atoms. The van der Waals surface area contributed by atoms with E-state index < -0.39 is 83.6 Å². The van der Waals surface area contributed by atoms with Gasteiger partial charge in [-0.05, 0) is 49.4 Å². The van der Waals surface area contributed by atoms with Crippen molar-refractivity contribution in [3.05, 3.63) is 0 Å². The molecule has 3 heterocycles. The Morgan fingerprint density at radius 2 is 1.75 bits per heavy atom. The van der Waals surface area contributed by atoms with Crippen molar-refractivity contribution in [3.8, 4) is 6.07 Å². The lowest BCUT2D eigenvalue weighted by atomic mass is 9.78. The van der Waals surface area contributed by atoms with Crippen LogP contribution in [0.1, 0.15) is 66.2 Å². The van der Waals surface area contributed by atoms with E-state index in [4.69, 9.17) is 0 Å². The fourth-order valence-electron chi connectivity index (χ4n) is 6.07. The number of hydrogen-bond acceptors (Lipinski definition) is 5. The lowest BCUT2D eigenvalue weighted by Crippen LogP contribution is -2.61. The Morgan fingerprint density at radius 1 is 1.10 bits per heavy atom. The molecule has 0 unspecified atom stereocenters. The van der Waals surface area contributed by atoms with Crippen LogP contribution in [0.5, 0.6) is 0 Å². The zero-order valence-corrected chi connectivity index (χ0v) is 22.9. The molecule has 9 nitrogen and oxygen atoms in total. The minimum atomic E-state index is -5.31. The quantitative estimate of drug-likeness (QED) is 0.435. The van der Waals surface area contributed by atoms with E-state index in [0.717, 1.165) is 4.90 Å². The molecule has 14 heteroatoms. The van der Waals surface area contributed by atoms with Crippen LogP contribution in [0.4, 0.5) is 22.0 Å². The van der Waals surface area contributed by atoms with Crippen LogP contribution in [-0.4, -0.2) is 71.3 Å². The van der Waals surface area contributed by atoms with Gasteiger partial charge in [-0.25, -0.2) is 8.78 Å². The monoisotopic (exact) mass is 577 g/mol. The summed E-state index contributed by atoms with van der Waals surface area (Å²) in [7, 11) is 0. The molecule has 0 aromatic rings. The van der Waals surface area contributed by atoms with Gasteiger partial charge in [0.2, 0.25) is 17.7 Å². The second-order valence-corrected chi connectivity index (χ2v) is 12.1. The highest BCUT2D eigenvalue weighted by Gasteiger charge is 2.52. The number of carbonyl (C=O) groups excluding carboxylic acids is 4. The van der Waals surface area contributed by atoms with Gasteiger partial charge in [0.15, 0.2) is 0 Å². The van der Waals surface area contributed by atoms with Crippen LogP contribution in [0.3, 0.4) is 0 Å². The van der Waals surface area contributed by atoms with Gasteiger partial charge in [-0.3, -0.25) is 19.2 Å². The van der Waals surface area contributed by atoms with E-state index in [9.17, 15) is 37.6 Å². The smallest absolute Gasteiger partial charge is 0.347 e. The Morgan fingerprint density at radius 3 is 2.33 bits per heavy atom. The molecule has 6 atom stereocenters. The van der Waals surface area contributed by atoms with E-state index in [1.165, 1.54) is 13.8 Å². The summed E-state index contributed by atoms with van der Waals surface area (Å²) in [6, 6.07) is -3.79. The number of carbonyl (C=O) groups is 4. The fraction of sp³-hybridized carbons (Fsp3) is 0.808. The first-order chi connectivity index (χ1) is 18.4. The van der Waals surface area contributed by atoms with Gasteiger partial charge < -0.3 is 20.9 Å². The number of alkyl halides is 5. The first-order valence-electron chi connectivity index (χ1n) is 13.5. The van der Waals surface area contributed by atoms with E-state index in [1.54, 1.807) is 5.32 Å². The van der Waals surface area contributed by atoms with Gasteiger partial charge in [0.25, 0.3) is 5.92 Å². The first kappa shape index (κ1) is 31.5. The molecule has 0 aliphatic carbocycles. The van der Waals surface area contributed by atoms with Crippen LogP contribution < -0.4 is 16.0 Å². The summed E-state index contributed by atoms with van der Waals surface area (Å²) in [5.41, 5.74) is -1.42. The minimum absolute atomic E-state index is 0.0102. The van der Waals surface area contributed by atoms with Crippen molar-refractivity contribution in [2.24, 2.45) is 23.2 Å². The third-order valence-electron chi connectivity index (χ3n) is 8.46. The molecule has 0 aromatic carbocycles. The first-order valence-corrected chi connectivity index (χ1v) is 13.5. The SMILES string of the molecule is CC(C)[C@H]1CCN2C(=O)[C@@H](NC(=O)C(F)(F)F)C(C)(C)CCCC(F)(F)[C@@H]3C[C@@H](C[C@@H](C#N)NC(=O)[C@H]12)C(=O)N3. The molecule has 4 amide bonds. The molecule has 0 spiro atoms. The third kappa shape index (κ3) is 6.66. The number of nitrogens with one attached hydrogen (secondary N) is 3. The fourth-order valence-corrected chi connectivity index (χ4v) is 6.07. The molecule has 40 heavy (non-hydrogen) atoms. The maximum absolute atomic E-state index is 15.1. The Balaban J connectivity index is 2.05. The average Bonchev–Trinajstić information content (AvgIpc) is 3.44. The van der Waals surface area contributed by atoms with Gasteiger partial charge in [0.05, 0.1) is 12.1 Å². The van der Waals surface area contributed by atoms with E-state index in [-0.39, 0.29) is 38.1 Å². The maximum atomic E-state index is 15.1. The molecule has 0 saturated carbocycles. The highest BCUT2D eigenvalue weighted by molar-refractivity contribution is 5.94. The Hall–Kier alpha value is -2.98. The molecule has 3 aliphatic rings. The summed E-state index contributed by atoms with van der Waals surface area (Å²) in [5, 5.41) is 16.2. The maximum Gasteiger partial charge on any atom is 0.471 e. The second kappa shape index (κ2) is 11.5. The molecule has 224 valence electrons. The van der Waals surface area contributed by atoms with Gasteiger partial charge >= 0.3 is 12.1 Å². The van der Waals surface area contributed by atoms with Crippen molar-refractivity contribution < 1.29 is 41.1 Å². The van der Waals surface area contributed by atoms with E-state index in [2.05, 4.69) is 10.6 Å². The highest BCUT2D eigenvalue weighted by atomic mass is 19.4. The topological polar surface area (TPSA) is 131 Å². The summed E-state index contributed by atoms with van der Waals surface area (Å²) in [6.07, 6.45) is -6.53. The third-order valence-corrected chi connectivity index (χ3v) is 8.46. The summed E-state index contributed by atoms with van der Waals surface area (Å²) < 4.78 is 69.9. The number of nitriles is 1. The number of fused-ring (bicyclic) bond motifs is 3. The number of halogens is 5. The van der Waals surface area contributed by atoms with Crippen LogP contribution in [-0.2, 0) is 19.2 Å². The molecular formula is C26H36F5N5O4. The molecule has 3 rings (SSSR count). The van der Waals surface area contributed by atoms with Crippen molar-refractivity contribution in [2.45, 2.75) is 102 Å². The molecule has 3 aliphatic heterocycles. The zero-order chi connectivity index (χ0) is 30.2. The molecule has 3 fully saturated rings. The molecule has 3 N–H and O–H groups in total. The second-order valence-electron chi connectivity index (χ2n) is 12.1. The number of nitrogens with zero attached hydrogens (tertiary/aromatic N) is 2. The summed E-state index contributed by atoms with van der Waals surface area (Å²) in [5.74, 6) is -9.52.